The lowest BCUT2D eigenvalue weighted by molar-refractivity contribution is 1.55. The summed E-state index contributed by atoms with van der Waals surface area (Å²) in [6, 6.07) is 11.6. The molecule has 2 rings (SSSR count). The van der Waals surface area contributed by atoms with E-state index < -0.39 is 0 Å². The van der Waals surface area contributed by atoms with Gasteiger partial charge in [0.15, 0.2) is 0 Å². The van der Waals surface area contributed by atoms with Gasteiger partial charge in [-0.05, 0) is 17.0 Å². The third kappa shape index (κ3) is 1.16. The maximum absolute atomic E-state index is 7.23. The maximum Gasteiger partial charge on any atom is 0.0394 e. The van der Waals surface area contributed by atoms with Gasteiger partial charge in [0.25, 0.3) is 0 Å². The van der Waals surface area contributed by atoms with Crippen molar-refractivity contribution in [3.05, 3.63) is 42.0 Å². The van der Waals surface area contributed by atoms with Gasteiger partial charge in [-0.1, -0.05) is 30.3 Å². The molecule has 0 fully saturated rings. The normalized spacial score (nSPS) is 10.2. The predicted octanol–water partition coefficient (Wildman–Crippen LogP) is 2.42. The van der Waals surface area contributed by atoms with Crippen molar-refractivity contribution < 1.29 is 0 Å². The molecule has 0 bridgehead atoms. The van der Waals surface area contributed by atoms with E-state index in [1.54, 1.807) is 0 Å². The first-order chi connectivity index (χ1) is 6.33. The SMILES string of the molecule is N=Cc1ccc(N)c2ccccc12. The van der Waals surface area contributed by atoms with Gasteiger partial charge in [0, 0.05) is 17.3 Å². The van der Waals surface area contributed by atoms with Crippen LogP contribution in [0.5, 0.6) is 0 Å². The van der Waals surface area contributed by atoms with Gasteiger partial charge >= 0.3 is 0 Å². The van der Waals surface area contributed by atoms with Crippen LogP contribution in [-0.2, 0) is 0 Å². The minimum atomic E-state index is 0.765. The summed E-state index contributed by atoms with van der Waals surface area (Å²) in [7, 11) is 0. The van der Waals surface area contributed by atoms with Crippen molar-refractivity contribution in [1.29, 1.82) is 5.41 Å². The van der Waals surface area contributed by atoms with Crippen LogP contribution in [-0.4, -0.2) is 6.21 Å². The molecule has 2 aromatic rings. The molecule has 0 radical (unpaired) electrons. The second-order valence-corrected chi connectivity index (χ2v) is 2.93. The van der Waals surface area contributed by atoms with Crippen LogP contribution < -0.4 is 5.73 Å². The van der Waals surface area contributed by atoms with Crippen LogP contribution in [0.4, 0.5) is 5.69 Å². The lowest BCUT2D eigenvalue weighted by Gasteiger charge is -2.03. The molecule has 0 saturated carbocycles. The van der Waals surface area contributed by atoms with Gasteiger partial charge in [0.05, 0.1) is 0 Å². The Morgan fingerprint density at radius 3 is 2.38 bits per heavy atom. The van der Waals surface area contributed by atoms with Crippen LogP contribution in [0.1, 0.15) is 5.56 Å². The highest BCUT2D eigenvalue weighted by Gasteiger charge is 1.99. The van der Waals surface area contributed by atoms with Gasteiger partial charge in [-0.2, -0.15) is 0 Å². The molecule has 0 atom stereocenters. The Morgan fingerprint density at radius 1 is 1.00 bits per heavy atom. The van der Waals surface area contributed by atoms with E-state index in [0.29, 0.717) is 0 Å². The van der Waals surface area contributed by atoms with E-state index in [2.05, 4.69) is 0 Å². The monoisotopic (exact) mass is 170 g/mol. The number of benzene rings is 2. The molecule has 2 aromatic carbocycles. The Bertz CT molecular complexity index is 461. The predicted molar refractivity (Wildman–Crippen MR) is 56.2 cm³/mol. The quantitative estimate of drug-likeness (QED) is 0.501. The molecule has 64 valence electrons. The average molecular weight is 170 g/mol. The third-order valence-corrected chi connectivity index (χ3v) is 2.15. The smallest absolute Gasteiger partial charge is 0.0394 e. The minimum Gasteiger partial charge on any atom is -0.398 e. The zero-order valence-corrected chi connectivity index (χ0v) is 7.12. The standard InChI is InChI=1S/C11H10N2/c12-7-8-5-6-11(13)10-4-2-1-3-9(8)10/h1-7,12H,13H2. The second-order valence-electron chi connectivity index (χ2n) is 2.93. The number of nitrogen functional groups attached to an aromatic ring is 1. The first kappa shape index (κ1) is 7.80. The van der Waals surface area contributed by atoms with Gasteiger partial charge in [-0.3, -0.25) is 0 Å². The average Bonchev–Trinajstić information content (AvgIpc) is 2.19. The van der Waals surface area contributed by atoms with Crippen molar-refractivity contribution in [2.75, 3.05) is 5.73 Å². The fourth-order valence-corrected chi connectivity index (χ4v) is 1.47. The van der Waals surface area contributed by atoms with Crippen LogP contribution >= 0.6 is 0 Å². The molecule has 0 saturated heterocycles. The molecular weight excluding hydrogens is 160 g/mol. The molecule has 0 aromatic heterocycles. The van der Waals surface area contributed by atoms with Crippen LogP contribution in [0.2, 0.25) is 0 Å². The van der Waals surface area contributed by atoms with Crippen molar-refractivity contribution in [2.45, 2.75) is 0 Å². The zero-order chi connectivity index (χ0) is 9.26. The van der Waals surface area contributed by atoms with E-state index in [1.165, 1.54) is 6.21 Å². The molecule has 2 heteroatoms. The van der Waals surface area contributed by atoms with Gasteiger partial charge in [0.1, 0.15) is 0 Å². The summed E-state index contributed by atoms with van der Waals surface area (Å²) < 4.78 is 0. The van der Waals surface area contributed by atoms with Crippen LogP contribution in [0, 0.1) is 5.41 Å². The summed E-state index contributed by atoms with van der Waals surface area (Å²) in [5.41, 5.74) is 7.48. The molecule has 2 nitrogen and oxygen atoms in total. The Morgan fingerprint density at radius 2 is 1.69 bits per heavy atom. The van der Waals surface area contributed by atoms with Crippen LogP contribution in [0.25, 0.3) is 10.8 Å². The van der Waals surface area contributed by atoms with Gasteiger partial charge in [0.2, 0.25) is 0 Å². The summed E-state index contributed by atoms with van der Waals surface area (Å²) in [5.74, 6) is 0. The first-order valence-corrected chi connectivity index (χ1v) is 4.10. The molecule has 0 aliphatic rings. The van der Waals surface area contributed by atoms with Crippen molar-refractivity contribution >= 4 is 22.7 Å². The van der Waals surface area contributed by atoms with Gasteiger partial charge in [-0.15, -0.1) is 0 Å². The molecule has 0 spiro atoms. The van der Waals surface area contributed by atoms with E-state index in [4.69, 9.17) is 11.1 Å². The Balaban J connectivity index is 2.92. The van der Waals surface area contributed by atoms with Crippen molar-refractivity contribution in [3.63, 3.8) is 0 Å². The van der Waals surface area contributed by atoms with E-state index in [1.807, 2.05) is 36.4 Å². The molecule has 0 heterocycles. The number of fused-ring (bicyclic) bond motifs is 1. The molecule has 0 unspecified atom stereocenters. The van der Waals surface area contributed by atoms with Gasteiger partial charge in [-0.25, -0.2) is 0 Å². The number of nitrogens with two attached hydrogens (primary N) is 1. The highest BCUT2D eigenvalue weighted by atomic mass is 14.5. The van der Waals surface area contributed by atoms with E-state index in [0.717, 1.165) is 22.0 Å². The fraction of sp³-hybridized carbons (Fsp3) is 0. The van der Waals surface area contributed by atoms with E-state index in [9.17, 15) is 0 Å². The lowest BCUT2D eigenvalue weighted by Crippen LogP contribution is -1.90. The maximum atomic E-state index is 7.23. The summed E-state index contributed by atoms with van der Waals surface area (Å²) >= 11 is 0. The first-order valence-electron chi connectivity index (χ1n) is 4.10. The summed E-state index contributed by atoms with van der Waals surface area (Å²) in [6.45, 7) is 0. The molecule has 0 amide bonds. The summed E-state index contributed by atoms with van der Waals surface area (Å²) in [4.78, 5) is 0. The van der Waals surface area contributed by atoms with E-state index in [-0.39, 0.29) is 0 Å². The number of hydrogen-bond donors (Lipinski definition) is 2. The Kier molecular flexibility index (Phi) is 1.74. The third-order valence-electron chi connectivity index (χ3n) is 2.15. The molecule has 0 aliphatic heterocycles. The highest BCUT2D eigenvalue weighted by Crippen LogP contribution is 2.22. The largest absolute Gasteiger partial charge is 0.398 e. The molecule has 13 heavy (non-hydrogen) atoms. The number of rotatable bonds is 1. The van der Waals surface area contributed by atoms with Crippen LogP contribution in [0.15, 0.2) is 36.4 Å². The lowest BCUT2D eigenvalue weighted by atomic mass is 10.0. The Labute approximate surface area is 76.5 Å². The van der Waals surface area contributed by atoms with E-state index >= 15 is 0 Å². The van der Waals surface area contributed by atoms with Gasteiger partial charge < -0.3 is 11.1 Å². The summed E-state index contributed by atoms with van der Waals surface area (Å²) in [5, 5.41) is 9.29. The fourth-order valence-electron chi connectivity index (χ4n) is 1.47. The molecule has 3 N–H and O–H groups in total. The number of anilines is 1. The topological polar surface area (TPSA) is 49.9 Å². The van der Waals surface area contributed by atoms with Crippen molar-refractivity contribution in [3.8, 4) is 0 Å². The zero-order valence-electron chi connectivity index (χ0n) is 7.12. The van der Waals surface area contributed by atoms with Crippen molar-refractivity contribution in [2.24, 2.45) is 0 Å². The van der Waals surface area contributed by atoms with Crippen LogP contribution in [0.3, 0.4) is 0 Å². The molecule has 0 aliphatic carbocycles. The second kappa shape index (κ2) is 2.90. The molecular formula is C11H10N2. The number of hydrogen-bond acceptors (Lipinski definition) is 2. The minimum absolute atomic E-state index is 0.765. The summed E-state index contributed by atoms with van der Waals surface area (Å²) in [6.07, 6.45) is 1.35. The van der Waals surface area contributed by atoms with Crippen molar-refractivity contribution in [1.82, 2.24) is 0 Å². The Hall–Kier alpha value is -1.83. The highest BCUT2D eigenvalue weighted by molar-refractivity contribution is 6.03. The number of nitrogens with one attached hydrogen (secondary N) is 1.